The Morgan fingerprint density at radius 1 is 0.436 bits per heavy atom. The van der Waals surface area contributed by atoms with Crippen molar-refractivity contribution < 1.29 is 0 Å². The highest BCUT2D eigenvalue weighted by Gasteiger charge is 2.17. The first-order valence-corrected chi connectivity index (χ1v) is 12.8. The number of hydrogen-bond donors (Lipinski definition) is 5. The van der Waals surface area contributed by atoms with E-state index in [2.05, 4.69) is 64.6 Å². The smallest absolute Gasteiger partial charge is 0.0737 e. The first-order chi connectivity index (χ1) is 19.0. The molecule has 0 unspecified atom stereocenters. The van der Waals surface area contributed by atoms with Crippen LogP contribution in [0.1, 0.15) is 11.4 Å². The number of nitrogens with zero attached hydrogens (tertiary/aromatic N) is 1. The maximum absolute atomic E-state index is 6.22. The minimum Gasteiger partial charge on any atom is -0.399 e. The van der Waals surface area contributed by atoms with Gasteiger partial charge in [0, 0.05) is 55.8 Å². The molecular formula is C33H26N6. The fourth-order valence-electron chi connectivity index (χ4n) is 5.44. The van der Waals surface area contributed by atoms with Gasteiger partial charge in [-0.3, -0.25) is 0 Å². The Bertz CT molecular complexity index is 1890. The van der Waals surface area contributed by atoms with Crippen LogP contribution in [0.25, 0.3) is 67.6 Å². The molecule has 6 bridgehead atoms. The topological polar surface area (TPSA) is 123 Å². The van der Waals surface area contributed by atoms with Gasteiger partial charge in [0.1, 0.15) is 0 Å². The molecule has 3 aromatic heterocycles. The molecule has 0 aliphatic carbocycles. The van der Waals surface area contributed by atoms with Crippen molar-refractivity contribution in [3.63, 3.8) is 0 Å². The summed E-state index contributed by atoms with van der Waals surface area (Å²) >= 11 is 0. The van der Waals surface area contributed by atoms with Crippen LogP contribution in [0.5, 0.6) is 0 Å². The van der Waals surface area contributed by atoms with Crippen LogP contribution in [-0.4, -0.2) is 15.0 Å². The zero-order chi connectivity index (χ0) is 26.5. The fraction of sp³-hybridized carbons (Fsp3) is 0. The third-order valence-corrected chi connectivity index (χ3v) is 7.13. The van der Waals surface area contributed by atoms with Gasteiger partial charge in [-0.05, 0) is 89.5 Å². The summed E-state index contributed by atoms with van der Waals surface area (Å²) in [6.45, 7) is 0. The van der Waals surface area contributed by atoms with Crippen LogP contribution in [0.3, 0.4) is 0 Å². The summed E-state index contributed by atoms with van der Waals surface area (Å²) in [4.78, 5) is 12.5. The van der Waals surface area contributed by atoms with Crippen molar-refractivity contribution in [1.82, 2.24) is 15.0 Å². The number of rotatable bonds is 3. The molecule has 7 rings (SSSR count). The molecule has 1 aliphatic rings. The Balaban J connectivity index is 1.68. The van der Waals surface area contributed by atoms with Gasteiger partial charge in [-0.25, -0.2) is 4.98 Å². The highest BCUT2D eigenvalue weighted by atomic mass is 14.8. The maximum Gasteiger partial charge on any atom is 0.0737 e. The van der Waals surface area contributed by atoms with Gasteiger partial charge in [-0.2, -0.15) is 0 Å². The molecule has 0 amide bonds. The molecule has 6 heteroatoms. The van der Waals surface area contributed by atoms with E-state index in [9.17, 15) is 0 Å². The normalized spacial score (nSPS) is 11.8. The number of fused-ring (bicyclic) bond motifs is 6. The standard InChI is InChI=1S/C33H26N6/c34-22-7-1-4-19(16-22)31-25-10-12-27(37-25)32(20-5-2-8-23(35)17-20)29-14-15-30(39-29)33(28-13-11-26(31)38-28)21-6-3-9-24(36)18-21/h1-18,37-38H,34-36H2. The zero-order valence-electron chi connectivity index (χ0n) is 21.1. The van der Waals surface area contributed by atoms with E-state index in [0.29, 0.717) is 17.1 Å². The molecule has 3 aromatic carbocycles. The van der Waals surface area contributed by atoms with Crippen molar-refractivity contribution in [2.75, 3.05) is 17.2 Å². The summed E-state index contributed by atoms with van der Waals surface area (Å²) in [6.07, 6.45) is 4.12. The van der Waals surface area contributed by atoms with E-state index in [1.165, 1.54) is 0 Å². The Morgan fingerprint density at radius 3 is 1.18 bits per heavy atom. The van der Waals surface area contributed by atoms with E-state index in [-0.39, 0.29) is 0 Å². The lowest BCUT2D eigenvalue weighted by atomic mass is 10.0. The summed E-state index contributed by atoms with van der Waals surface area (Å²) < 4.78 is 0. The van der Waals surface area contributed by atoms with Gasteiger partial charge < -0.3 is 27.2 Å². The maximum atomic E-state index is 6.22. The largest absolute Gasteiger partial charge is 0.399 e. The number of hydrogen-bond acceptors (Lipinski definition) is 4. The summed E-state index contributed by atoms with van der Waals surface area (Å²) in [6, 6.07) is 32.2. The Kier molecular flexibility index (Phi) is 5.13. The van der Waals surface area contributed by atoms with Crippen molar-refractivity contribution >= 4 is 51.3 Å². The molecule has 0 atom stereocenters. The van der Waals surface area contributed by atoms with Gasteiger partial charge >= 0.3 is 0 Å². The van der Waals surface area contributed by atoms with Crippen molar-refractivity contribution in [3.8, 4) is 33.4 Å². The molecule has 0 fully saturated rings. The van der Waals surface area contributed by atoms with Crippen LogP contribution in [0.15, 0.2) is 97.1 Å². The van der Waals surface area contributed by atoms with E-state index >= 15 is 0 Å². The monoisotopic (exact) mass is 506 g/mol. The van der Waals surface area contributed by atoms with Crippen LogP contribution < -0.4 is 17.2 Å². The van der Waals surface area contributed by atoms with Gasteiger partial charge in [-0.15, -0.1) is 0 Å². The molecule has 0 spiro atoms. The minimum absolute atomic E-state index is 0.696. The van der Waals surface area contributed by atoms with Gasteiger partial charge in [0.2, 0.25) is 0 Å². The predicted molar refractivity (Wildman–Crippen MR) is 164 cm³/mol. The van der Waals surface area contributed by atoms with Crippen LogP contribution in [0, 0.1) is 0 Å². The van der Waals surface area contributed by atoms with Crippen LogP contribution in [-0.2, 0) is 0 Å². The number of nitrogens with one attached hydrogen (secondary N) is 2. The molecule has 6 nitrogen and oxygen atoms in total. The molecule has 0 saturated carbocycles. The number of anilines is 3. The van der Waals surface area contributed by atoms with Crippen molar-refractivity contribution in [2.24, 2.45) is 0 Å². The molecule has 6 aromatic rings. The van der Waals surface area contributed by atoms with Crippen molar-refractivity contribution in [3.05, 3.63) is 108 Å². The SMILES string of the molecule is Nc1cccc(-c2c3nc(c(-c4cccc(N)c4)c4ccc([nH]4)c(-c4cccc(N)c4)c4ccc2[nH]4)C=C3)c1. The first kappa shape index (κ1) is 22.7. The zero-order valence-corrected chi connectivity index (χ0v) is 21.1. The molecule has 8 N–H and O–H groups in total. The van der Waals surface area contributed by atoms with Gasteiger partial charge in [-0.1, -0.05) is 36.4 Å². The molecule has 1 aliphatic heterocycles. The average Bonchev–Trinajstić information content (AvgIpc) is 3.68. The molecule has 4 heterocycles. The van der Waals surface area contributed by atoms with Gasteiger partial charge in [0.25, 0.3) is 0 Å². The quantitative estimate of drug-likeness (QED) is 0.160. The third-order valence-electron chi connectivity index (χ3n) is 7.13. The number of nitrogen functional groups attached to an aromatic ring is 3. The molecule has 0 radical (unpaired) electrons. The van der Waals surface area contributed by atoms with Gasteiger partial charge in [0.15, 0.2) is 0 Å². The van der Waals surface area contributed by atoms with E-state index in [1.807, 2.05) is 54.6 Å². The lowest BCUT2D eigenvalue weighted by Crippen LogP contribution is -1.91. The van der Waals surface area contributed by atoms with Crippen molar-refractivity contribution in [2.45, 2.75) is 0 Å². The summed E-state index contributed by atoms with van der Waals surface area (Å²) in [5.74, 6) is 0. The summed E-state index contributed by atoms with van der Waals surface area (Å²) in [5.41, 5.74) is 32.2. The van der Waals surface area contributed by atoms with Crippen LogP contribution in [0.4, 0.5) is 17.1 Å². The number of H-pyrrole nitrogens is 2. The molecule has 39 heavy (non-hydrogen) atoms. The van der Waals surface area contributed by atoms with Crippen molar-refractivity contribution in [1.29, 1.82) is 0 Å². The fourth-order valence-corrected chi connectivity index (χ4v) is 5.44. The lowest BCUT2D eigenvalue weighted by molar-refractivity contribution is 1.32. The molecule has 0 saturated heterocycles. The van der Waals surface area contributed by atoms with E-state index < -0.39 is 0 Å². The Labute approximate surface area is 225 Å². The first-order valence-electron chi connectivity index (χ1n) is 12.8. The van der Waals surface area contributed by atoms with Gasteiger partial charge in [0.05, 0.1) is 11.4 Å². The average molecular weight is 507 g/mol. The number of benzene rings is 3. The Morgan fingerprint density at radius 2 is 0.795 bits per heavy atom. The van der Waals surface area contributed by atoms with Crippen LogP contribution in [0.2, 0.25) is 0 Å². The highest BCUT2D eigenvalue weighted by Crippen LogP contribution is 2.37. The second-order valence-corrected chi connectivity index (χ2v) is 9.79. The highest BCUT2D eigenvalue weighted by molar-refractivity contribution is 6.00. The minimum atomic E-state index is 0.696. The number of nitrogens with two attached hydrogens (primary N) is 3. The Hall–Kier alpha value is -5.49. The van der Waals surface area contributed by atoms with E-state index in [4.69, 9.17) is 22.2 Å². The summed E-state index contributed by atoms with van der Waals surface area (Å²) in [7, 11) is 0. The molecule has 188 valence electrons. The number of aromatic amines is 2. The predicted octanol–water partition coefficient (Wildman–Crippen LogP) is 7.40. The second-order valence-electron chi connectivity index (χ2n) is 9.79. The van der Waals surface area contributed by atoms with E-state index in [0.717, 1.165) is 66.8 Å². The lowest BCUT2D eigenvalue weighted by Gasteiger charge is -2.08. The molecular weight excluding hydrogens is 480 g/mol. The number of aromatic nitrogens is 3. The van der Waals surface area contributed by atoms with E-state index in [1.54, 1.807) is 0 Å². The second kappa shape index (κ2) is 8.82. The third kappa shape index (κ3) is 3.95. The van der Waals surface area contributed by atoms with Crippen LogP contribution >= 0.6 is 0 Å². The summed E-state index contributed by atoms with van der Waals surface area (Å²) in [5, 5.41) is 0.